The average molecular weight is 517 g/mol. The lowest BCUT2D eigenvalue weighted by Gasteiger charge is -2.24. The van der Waals surface area contributed by atoms with Crippen LogP contribution in [0.25, 0.3) is 11.3 Å². The van der Waals surface area contributed by atoms with Gasteiger partial charge in [0.2, 0.25) is 0 Å². The zero-order chi connectivity index (χ0) is 26.3. The molecule has 1 aliphatic rings. The second kappa shape index (κ2) is 9.74. The maximum Gasteiger partial charge on any atom is 0.261 e. The SMILES string of the molecule is Cc1cnn(C)c1-c1cc(C(=O)N[C@@H](Cc2ccc(F)cc2)CN2C(=O)c3ccccc3C2=O)sc1C. The third-order valence-corrected chi connectivity index (χ3v) is 7.58. The van der Waals surface area contributed by atoms with E-state index in [2.05, 4.69) is 10.4 Å². The van der Waals surface area contributed by atoms with Crippen LogP contribution in [-0.2, 0) is 13.5 Å². The highest BCUT2D eigenvalue weighted by atomic mass is 32.1. The van der Waals surface area contributed by atoms with Gasteiger partial charge in [-0.2, -0.15) is 5.10 Å². The molecule has 0 bridgehead atoms. The first-order valence-corrected chi connectivity index (χ1v) is 12.6. The molecule has 3 heterocycles. The molecule has 9 heteroatoms. The molecule has 2 aromatic carbocycles. The van der Waals surface area contributed by atoms with Gasteiger partial charge in [-0.25, -0.2) is 4.39 Å². The number of benzene rings is 2. The molecule has 0 saturated carbocycles. The molecule has 4 aromatic rings. The van der Waals surface area contributed by atoms with Gasteiger partial charge in [0.15, 0.2) is 0 Å². The van der Waals surface area contributed by atoms with E-state index in [-0.39, 0.29) is 30.1 Å². The third-order valence-electron chi connectivity index (χ3n) is 6.53. The number of aromatic nitrogens is 2. The van der Waals surface area contributed by atoms with Crippen molar-refractivity contribution in [1.29, 1.82) is 0 Å². The summed E-state index contributed by atoms with van der Waals surface area (Å²) in [5, 5.41) is 7.32. The molecule has 3 amide bonds. The van der Waals surface area contributed by atoms with Gasteiger partial charge in [0.25, 0.3) is 17.7 Å². The van der Waals surface area contributed by atoms with Crippen molar-refractivity contribution in [2.75, 3.05) is 6.54 Å². The van der Waals surface area contributed by atoms with Crippen LogP contribution in [0.5, 0.6) is 0 Å². The Bertz CT molecular complexity index is 1470. The largest absolute Gasteiger partial charge is 0.346 e. The number of hydrogen-bond acceptors (Lipinski definition) is 5. The number of aryl methyl sites for hydroxylation is 3. The number of carbonyl (C=O) groups is 3. The summed E-state index contributed by atoms with van der Waals surface area (Å²) in [5.74, 6) is -1.44. The normalized spacial score (nSPS) is 13.7. The minimum absolute atomic E-state index is 0.00643. The quantitative estimate of drug-likeness (QED) is 0.366. The molecule has 1 N–H and O–H groups in total. The van der Waals surface area contributed by atoms with E-state index in [4.69, 9.17) is 0 Å². The van der Waals surface area contributed by atoms with Crippen LogP contribution in [0.1, 0.15) is 46.4 Å². The number of nitrogens with one attached hydrogen (secondary N) is 1. The topological polar surface area (TPSA) is 84.3 Å². The lowest BCUT2D eigenvalue weighted by atomic mass is 10.0. The van der Waals surface area contributed by atoms with Gasteiger partial charge in [-0.15, -0.1) is 11.3 Å². The Morgan fingerprint density at radius 1 is 1.03 bits per heavy atom. The first-order valence-electron chi connectivity index (χ1n) is 11.8. The van der Waals surface area contributed by atoms with Gasteiger partial charge in [-0.3, -0.25) is 24.0 Å². The van der Waals surface area contributed by atoms with Crippen LogP contribution in [0, 0.1) is 19.7 Å². The fraction of sp³-hybridized carbons (Fsp3) is 0.214. The van der Waals surface area contributed by atoms with E-state index >= 15 is 0 Å². The van der Waals surface area contributed by atoms with Crippen LogP contribution in [0.3, 0.4) is 0 Å². The maximum absolute atomic E-state index is 13.5. The van der Waals surface area contributed by atoms with Crippen molar-refractivity contribution in [3.05, 3.63) is 98.6 Å². The van der Waals surface area contributed by atoms with E-state index in [0.29, 0.717) is 22.4 Å². The van der Waals surface area contributed by atoms with Crippen LogP contribution in [0.2, 0.25) is 0 Å². The fourth-order valence-electron chi connectivity index (χ4n) is 4.71. The molecule has 0 radical (unpaired) electrons. The monoisotopic (exact) mass is 516 g/mol. The molecular formula is C28H25FN4O3S. The Balaban J connectivity index is 1.41. The Morgan fingerprint density at radius 2 is 1.68 bits per heavy atom. The number of hydrogen-bond donors (Lipinski definition) is 1. The first kappa shape index (κ1) is 24.6. The summed E-state index contributed by atoms with van der Waals surface area (Å²) in [6.07, 6.45) is 2.10. The molecular weight excluding hydrogens is 491 g/mol. The van der Waals surface area contributed by atoms with E-state index in [1.54, 1.807) is 47.3 Å². The zero-order valence-electron chi connectivity index (χ0n) is 20.6. The molecule has 0 saturated heterocycles. The molecule has 0 fully saturated rings. The predicted octanol–water partition coefficient (Wildman–Crippen LogP) is 4.54. The van der Waals surface area contributed by atoms with Gasteiger partial charge < -0.3 is 5.32 Å². The number of amides is 3. The van der Waals surface area contributed by atoms with Crippen molar-refractivity contribution in [3.63, 3.8) is 0 Å². The van der Waals surface area contributed by atoms with Crippen LogP contribution < -0.4 is 5.32 Å². The number of imide groups is 1. The highest BCUT2D eigenvalue weighted by molar-refractivity contribution is 7.14. The summed E-state index contributed by atoms with van der Waals surface area (Å²) in [5.41, 5.74) is 4.37. The first-order chi connectivity index (χ1) is 17.7. The van der Waals surface area contributed by atoms with E-state index in [1.807, 2.05) is 27.0 Å². The second-order valence-electron chi connectivity index (χ2n) is 9.15. The van der Waals surface area contributed by atoms with Gasteiger partial charge in [0, 0.05) is 24.0 Å². The fourth-order valence-corrected chi connectivity index (χ4v) is 5.64. The molecule has 0 spiro atoms. The molecule has 0 aliphatic carbocycles. The third kappa shape index (κ3) is 4.70. The molecule has 7 nitrogen and oxygen atoms in total. The molecule has 2 aromatic heterocycles. The number of carbonyl (C=O) groups excluding carboxylic acids is 3. The van der Waals surface area contributed by atoms with Crippen molar-refractivity contribution in [2.45, 2.75) is 26.3 Å². The highest BCUT2D eigenvalue weighted by Gasteiger charge is 2.36. The Morgan fingerprint density at radius 3 is 2.27 bits per heavy atom. The summed E-state index contributed by atoms with van der Waals surface area (Å²) in [7, 11) is 1.86. The number of fused-ring (bicyclic) bond motifs is 1. The summed E-state index contributed by atoms with van der Waals surface area (Å²) >= 11 is 1.37. The van der Waals surface area contributed by atoms with Crippen molar-refractivity contribution in [2.24, 2.45) is 7.05 Å². The van der Waals surface area contributed by atoms with Crippen molar-refractivity contribution >= 4 is 29.1 Å². The van der Waals surface area contributed by atoms with E-state index in [9.17, 15) is 18.8 Å². The summed E-state index contributed by atoms with van der Waals surface area (Å²) in [6.45, 7) is 3.92. The number of thiophene rings is 1. The molecule has 1 aliphatic heterocycles. The summed E-state index contributed by atoms with van der Waals surface area (Å²) in [6, 6.07) is 13.9. The van der Waals surface area contributed by atoms with Crippen molar-refractivity contribution < 1.29 is 18.8 Å². The minimum Gasteiger partial charge on any atom is -0.346 e. The van der Waals surface area contributed by atoms with Gasteiger partial charge >= 0.3 is 0 Å². The van der Waals surface area contributed by atoms with Gasteiger partial charge in [-0.1, -0.05) is 24.3 Å². The lowest BCUT2D eigenvalue weighted by Crippen LogP contribution is -2.46. The molecule has 0 unspecified atom stereocenters. The smallest absolute Gasteiger partial charge is 0.261 e. The second-order valence-corrected chi connectivity index (χ2v) is 10.4. The zero-order valence-corrected chi connectivity index (χ0v) is 21.4. The van der Waals surface area contributed by atoms with Gasteiger partial charge in [0.1, 0.15) is 5.82 Å². The standard InChI is InChI=1S/C28H25FN4O3S/c1-16-14-30-32(3)25(16)23-13-24(37-17(23)2)26(34)31-20(12-18-8-10-19(29)11-9-18)15-33-27(35)21-6-4-5-7-22(21)28(33)36/h4-11,13-14,20H,12,15H2,1-3H3,(H,31,34)/t20-/m0/s1. The predicted molar refractivity (Wildman–Crippen MR) is 139 cm³/mol. The molecule has 5 rings (SSSR count). The number of halogens is 1. The van der Waals surface area contributed by atoms with E-state index in [1.165, 1.54) is 28.4 Å². The maximum atomic E-state index is 13.5. The average Bonchev–Trinajstić information content (AvgIpc) is 3.50. The Hall–Kier alpha value is -4.11. The van der Waals surface area contributed by atoms with Gasteiger partial charge in [0.05, 0.1) is 33.9 Å². The highest BCUT2D eigenvalue weighted by Crippen LogP contribution is 2.33. The van der Waals surface area contributed by atoms with Crippen molar-refractivity contribution in [1.82, 2.24) is 20.0 Å². The molecule has 37 heavy (non-hydrogen) atoms. The Labute approximate surface area is 217 Å². The lowest BCUT2D eigenvalue weighted by molar-refractivity contribution is 0.0629. The van der Waals surface area contributed by atoms with Crippen molar-refractivity contribution in [3.8, 4) is 11.3 Å². The minimum atomic E-state index is -0.579. The van der Waals surface area contributed by atoms with E-state index < -0.39 is 6.04 Å². The van der Waals surface area contributed by atoms with Gasteiger partial charge in [-0.05, 0) is 61.7 Å². The van der Waals surface area contributed by atoms with Crippen LogP contribution in [-0.4, -0.2) is 45.0 Å². The van der Waals surface area contributed by atoms with Crippen LogP contribution in [0.4, 0.5) is 4.39 Å². The number of rotatable bonds is 7. The summed E-state index contributed by atoms with van der Waals surface area (Å²) in [4.78, 5) is 42.0. The molecule has 1 atom stereocenters. The molecule has 188 valence electrons. The van der Waals surface area contributed by atoms with Crippen LogP contribution in [0.15, 0.2) is 60.8 Å². The number of nitrogens with zero attached hydrogens (tertiary/aromatic N) is 3. The van der Waals surface area contributed by atoms with E-state index in [0.717, 1.165) is 27.3 Å². The van der Waals surface area contributed by atoms with Crippen LogP contribution >= 0.6 is 11.3 Å². The summed E-state index contributed by atoms with van der Waals surface area (Å²) < 4.78 is 15.3. The Kier molecular flexibility index (Phi) is 6.47.